The molecule has 1 saturated heterocycles. The average molecular weight is 714 g/mol. The van der Waals surface area contributed by atoms with E-state index in [0.29, 0.717) is 5.56 Å². The van der Waals surface area contributed by atoms with Gasteiger partial charge in [0.1, 0.15) is 0 Å². The lowest BCUT2D eigenvalue weighted by Crippen LogP contribution is -2.13. The van der Waals surface area contributed by atoms with E-state index in [1.165, 1.54) is 39.3 Å². The van der Waals surface area contributed by atoms with Crippen LogP contribution in [0.2, 0.25) is 0 Å². The molecule has 0 spiro atoms. The van der Waals surface area contributed by atoms with Crippen LogP contribution in [0.3, 0.4) is 0 Å². The summed E-state index contributed by atoms with van der Waals surface area (Å²) in [6, 6.07) is 32.4. The van der Waals surface area contributed by atoms with Crippen LogP contribution in [-0.2, 0) is 11.3 Å². The second kappa shape index (κ2) is 19.2. The third-order valence-corrected chi connectivity index (χ3v) is 10.1. The Morgan fingerprint density at radius 3 is 1.59 bits per heavy atom. The fourth-order valence-electron chi connectivity index (χ4n) is 5.59. The van der Waals surface area contributed by atoms with Crippen LogP contribution in [0, 0.1) is 41.5 Å². The number of anilines is 2. The van der Waals surface area contributed by atoms with Gasteiger partial charge in [0.2, 0.25) is 0 Å². The third-order valence-electron chi connectivity index (χ3n) is 8.34. The lowest BCUT2D eigenvalue weighted by molar-refractivity contribution is 0.102. The molecule has 261 valence electrons. The van der Waals surface area contributed by atoms with Crippen molar-refractivity contribution in [3.63, 3.8) is 0 Å². The van der Waals surface area contributed by atoms with Crippen molar-refractivity contribution in [3.05, 3.63) is 139 Å². The number of carbonyl (C=O) groups excluding carboxylic acids is 1. The van der Waals surface area contributed by atoms with Crippen LogP contribution < -0.4 is 10.6 Å². The van der Waals surface area contributed by atoms with Gasteiger partial charge in [-0.2, -0.15) is 0 Å². The fourth-order valence-corrected chi connectivity index (χ4v) is 7.27. The first-order valence-electron chi connectivity index (χ1n) is 17.0. The van der Waals surface area contributed by atoms with Gasteiger partial charge in [0, 0.05) is 66.0 Å². The van der Waals surface area contributed by atoms with Gasteiger partial charge >= 0.3 is 0 Å². The Hall–Kier alpha value is -4.57. The highest BCUT2D eigenvalue weighted by Crippen LogP contribution is 2.29. The van der Waals surface area contributed by atoms with Gasteiger partial charge in [0.05, 0.1) is 21.4 Å². The zero-order valence-electron chi connectivity index (χ0n) is 30.4. The summed E-state index contributed by atoms with van der Waals surface area (Å²) in [5, 5.41) is 8.61. The Labute approximate surface area is 313 Å². The van der Waals surface area contributed by atoms with Gasteiger partial charge < -0.3 is 15.4 Å². The van der Waals surface area contributed by atoms with E-state index in [9.17, 15) is 4.79 Å². The molecular weight excluding hydrogens is 667 g/mol. The molecule has 0 aliphatic carbocycles. The van der Waals surface area contributed by atoms with Crippen LogP contribution in [0.4, 0.5) is 11.4 Å². The summed E-state index contributed by atoms with van der Waals surface area (Å²) < 4.78 is 4.94. The SMILES string of the molecule is C1CCOC1.Cc1nc(-c2ccc(NC(=O)c3ccccc3C)cc2)c(C)s1.Cc1nc(-c2ccc(NCc3ccccc3C)cc2)c(C)s1.[B]. The molecule has 1 fully saturated rings. The van der Waals surface area contributed by atoms with Crippen molar-refractivity contribution in [2.24, 2.45) is 0 Å². The maximum absolute atomic E-state index is 12.3. The minimum atomic E-state index is -0.0865. The molecule has 7 rings (SSSR count). The third kappa shape index (κ3) is 11.2. The molecule has 6 aromatic rings. The summed E-state index contributed by atoms with van der Waals surface area (Å²) in [4.78, 5) is 24.0. The van der Waals surface area contributed by atoms with Gasteiger partial charge in [-0.05, 0) is 101 Å². The van der Waals surface area contributed by atoms with Gasteiger partial charge in [0.25, 0.3) is 5.91 Å². The number of thiazole rings is 2. The number of aryl methyl sites for hydroxylation is 6. The molecule has 0 atom stereocenters. The highest BCUT2D eigenvalue weighted by Gasteiger charge is 2.11. The number of rotatable bonds is 7. The Morgan fingerprint density at radius 2 is 1.14 bits per heavy atom. The predicted molar refractivity (Wildman–Crippen MR) is 217 cm³/mol. The van der Waals surface area contributed by atoms with E-state index in [1.807, 2.05) is 62.4 Å². The Morgan fingerprint density at radius 1 is 0.647 bits per heavy atom. The summed E-state index contributed by atoms with van der Waals surface area (Å²) in [7, 11) is 0. The summed E-state index contributed by atoms with van der Waals surface area (Å²) in [6.07, 6.45) is 2.56. The van der Waals surface area contributed by atoms with Crippen molar-refractivity contribution in [1.82, 2.24) is 9.97 Å². The van der Waals surface area contributed by atoms with Crippen LogP contribution in [0.5, 0.6) is 0 Å². The standard InChI is InChI=1S/C19H18N2OS.C19H20N2S.C4H8O.B/c1-12-6-4-5-7-17(12)19(22)21-16-10-8-15(9-11-16)18-13(2)23-14(3)20-18;1-13-6-4-5-7-17(13)12-20-18-10-8-16(9-11-18)19-14(2)22-15(3)21-19;1-2-4-5-3-1;/h4-11H,1-3H3,(H,21,22);4-11,20H,12H2,1-3H3;1-4H2;. The van der Waals surface area contributed by atoms with Crippen LogP contribution in [-0.4, -0.2) is 37.5 Å². The second-order valence-electron chi connectivity index (χ2n) is 12.3. The summed E-state index contributed by atoms with van der Waals surface area (Å²) in [6.45, 7) is 15.2. The molecule has 9 heteroatoms. The van der Waals surface area contributed by atoms with E-state index in [0.717, 1.165) is 63.7 Å². The van der Waals surface area contributed by atoms with Crippen molar-refractivity contribution in [3.8, 4) is 22.5 Å². The molecular formula is C42H46BN4O2S2. The van der Waals surface area contributed by atoms with Gasteiger partial charge in [-0.3, -0.25) is 4.79 Å². The Kier molecular flexibility index (Phi) is 14.7. The van der Waals surface area contributed by atoms with Crippen LogP contribution >= 0.6 is 22.7 Å². The first-order chi connectivity index (χ1) is 24.2. The predicted octanol–water partition coefficient (Wildman–Crippen LogP) is 10.8. The average Bonchev–Trinajstić information content (AvgIpc) is 3.88. The monoisotopic (exact) mass is 713 g/mol. The number of hydrogen-bond acceptors (Lipinski definition) is 7. The summed E-state index contributed by atoms with van der Waals surface area (Å²) in [5.41, 5.74) is 10.6. The van der Waals surface area contributed by atoms with Gasteiger partial charge in [0.15, 0.2) is 0 Å². The summed E-state index contributed by atoms with van der Waals surface area (Å²) >= 11 is 3.45. The van der Waals surface area contributed by atoms with E-state index >= 15 is 0 Å². The maximum atomic E-state index is 12.3. The lowest BCUT2D eigenvalue weighted by Gasteiger charge is -2.09. The van der Waals surface area contributed by atoms with E-state index in [2.05, 4.69) is 96.8 Å². The van der Waals surface area contributed by atoms with Crippen molar-refractivity contribution in [2.75, 3.05) is 23.8 Å². The molecule has 6 nitrogen and oxygen atoms in total. The van der Waals surface area contributed by atoms with Crippen molar-refractivity contribution < 1.29 is 9.53 Å². The number of benzene rings is 4. The number of amides is 1. The number of hydrogen-bond donors (Lipinski definition) is 2. The zero-order chi connectivity index (χ0) is 35.5. The normalized spacial score (nSPS) is 11.7. The van der Waals surface area contributed by atoms with E-state index in [-0.39, 0.29) is 14.3 Å². The van der Waals surface area contributed by atoms with Crippen molar-refractivity contribution >= 4 is 48.4 Å². The molecule has 1 aliphatic heterocycles. The van der Waals surface area contributed by atoms with E-state index in [1.54, 1.807) is 22.7 Å². The van der Waals surface area contributed by atoms with Gasteiger partial charge in [-0.15, -0.1) is 22.7 Å². The Balaban J connectivity index is 0.000000198. The molecule has 1 amide bonds. The van der Waals surface area contributed by atoms with Crippen molar-refractivity contribution in [1.29, 1.82) is 0 Å². The number of carbonyl (C=O) groups is 1. The molecule has 4 aromatic carbocycles. The first-order valence-corrected chi connectivity index (χ1v) is 18.6. The van der Waals surface area contributed by atoms with Gasteiger partial charge in [-0.1, -0.05) is 66.7 Å². The van der Waals surface area contributed by atoms with E-state index < -0.39 is 0 Å². The molecule has 3 heterocycles. The molecule has 0 unspecified atom stereocenters. The highest BCUT2D eigenvalue weighted by molar-refractivity contribution is 7.12. The van der Waals surface area contributed by atoms with Crippen LogP contribution in [0.25, 0.3) is 22.5 Å². The molecule has 51 heavy (non-hydrogen) atoms. The molecule has 2 N–H and O–H groups in total. The topological polar surface area (TPSA) is 76.1 Å². The van der Waals surface area contributed by atoms with Crippen LogP contribution in [0.15, 0.2) is 97.1 Å². The summed E-state index contributed by atoms with van der Waals surface area (Å²) in [5.74, 6) is -0.0865. The number of nitrogens with zero attached hydrogens (tertiary/aromatic N) is 2. The molecule has 1 aliphatic rings. The maximum Gasteiger partial charge on any atom is 0.255 e. The zero-order valence-corrected chi connectivity index (χ0v) is 32.0. The molecule has 3 radical (unpaired) electrons. The van der Waals surface area contributed by atoms with Gasteiger partial charge in [-0.25, -0.2) is 9.97 Å². The van der Waals surface area contributed by atoms with Crippen molar-refractivity contribution in [2.45, 2.75) is 60.9 Å². The quantitative estimate of drug-likeness (QED) is 0.161. The number of nitrogens with one attached hydrogen (secondary N) is 2. The first kappa shape index (κ1) is 39.2. The molecule has 0 bridgehead atoms. The Bertz CT molecular complexity index is 1990. The largest absolute Gasteiger partial charge is 0.381 e. The smallest absolute Gasteiger partial charge is 0.255 e. The second-order valence-corrected chi connectivity index (χ2v) is 15.1. The number of ether oxygens (including phenoxy) is 1. The fraction of sp³-hybridized carbons (Fsp3) is 0.262. The lowest BCUT2D eigenvalue weighted by atomic mass is 10.1. The highest BCUT2D eigenvalue weighted by atomic mass is 32.1. The van der Waals surface area contributed by atoms with Crippen LogP contribution in [0.1, 0.15) is 59.7 Å². The minimum absolute atomic E-state index is 0. The minimum Gasteiger partial charge on any atom is -0.381 e. The molecule has 0 saturated carbocycles. The van der Waals surface area contributed by atoms with E-state index in [4.69, 9.17) is 4.74 Å². The molecule has 2 aromatic heterocycles. The number of aromatic nitrogens is 2.